The molecule has 3 aromatic rings. The van der Waals surface area contributed by atoms with E-state index >= 15 is 0 Å². The average molecular weight is 343 g/mol. The summed E-state index contributed by atoms with van der Waals surface area (Å²) >= 11 is 0. The monoisotopic (exact) mass is 343 g/mol. The molecule has 1 amide bonds. The standard InChI is InChI=1S/C16H14FN5O3/c17-14-4-3-12(20-6-1-2-7-20)9-15(14)19-16(23)5-8-21-11-13(10-18-21)22(24)25/h1-4,6-7,9-11H,5,8H2,(H,19,23). The Labute approximate surface area is 141 Å². The van der Waals surface area contributed by atoms with Crippen LogP contribution in [0.5, 0.6) is 0 Å². The third-order valence-electron chi connectivity index (χ3n) is 3.53. The number of nitrogens with zero attached hydrogens (tertiary/aromatic N) is 4. The SMILES string of the molecule is O=C(CCn1cc([N+](=O)[O-])cn1)Nc1cc(-n2cccc2)ccc1F. The Hall–Kier alpha value is -3.49. The van der Waals surface area contributed by atoms with Crippen LogP contribution in [0.1, 0.15) is 6.42 Å². The zero-order valence-corrected chi connectivity index (χ0v) is 13.0. The first-order chi connectivity index (χ1) is 12.0. The lowest BCUT2D eigenvalue weighted by molar-refractivity contribution is -0.385. The maximum atomic E-state index is 13.9. The first-order valence-corrected chi connectivity index (χ1v) is 7.42. The van der Waals surface area contributed by atoms with E-state index < -0.39 is 16.6 Å². The summed E-state index contributed by atoms with van der Waals surface area (Å²) in [4.78, 5) is 22.0. The van der Waals surface area contributed by atoms with Crippen LogP contribution in [0.3, 0.4) is 0 Å². The minimum Gasteiger partial charge on any atom is -0.324 e. The van der Waals surface area contributed by atoms with Gasteiger partial charge >= 0.3 is 5.69 Å². The van der Waals surface area contributed by atoms with Gasteiger partial charge in [-0.25, -0.2) is 4.39 Å². The Kier molecular flexibility index (Phi) is 4.55. The highest BCUT2D eigenvalue weighted by Gasteiger charge is 2.12. The van der Waals surface area contributed by atoms with Crippen LogP contribution in [0, 0.1) is 15.9 Å². The summed E-state index contributed by atoms with van der Waals surface area (Å²) in [5.74, 6) is -0.958. The second-order valence-electron chi connectivity index (χ2n) is 5.27. The Morgan fingerprint density at radius 1 is 1.32 bits per heavy atom. The quantitative estimate of drug-likeness (QED) is 0.550. The second-order valence-corrected chi connectivity index (χ2v) is 5.27. The number of nitro groups is 1. The Morgan fingerprint density at radius 3 is 2.76 bits per heavy atom. The molecule has 0 atom stereocenters. The molecule has 25 heavy (non-hydrogen) atoms. The van der Waals surface area contributed by atoms with Crippen LogP contribution in [0.2, 0.25) is 0 Å². The molecule has 0 aliphatic carbocycles. The predicted octanol–water partition coefficient (Wildman–Crippen LogP) is 2.75. The van der Waals surface area contributed by atoms with Crippen LogP contribution in [0.15, 0.2) is 55.1 Å². The number of amides is 1. The van der Waals surface area contributed by atoms with Crippen molar-refractivity contribution in [2.45, 2.75) is 13.0 Å². The van der Waals surface area contributed by atoms with E-state index in [1.165, 1.54) is 23.0 Å². The molecule has 0 aliphatic heterocycles. The molecule has 128 valence electrons. The molecule has 0 spiro atoms. The smallest absolute Gasteiger partial charge is 0.306 e. The van der Waals surface area contributed by atoms with Crippen LogP contribution >= 0.6 is 0 Å². The van der Waals surface area contributed by atoms with Crippen molar-refractivity contribution in [2.75, 3.05) is 5.32 Å². The van der Waals surface area contributed by atoms with E-state index in [9.17, 15) is 19.3 Å². The van der Waals surface area contributed by atoms with E-state index in [4.69, 9.17) is 0 Å². The number of nitrogens with one attached hydrogen (secondary N) is 1. The molecule has 0 bridgehead atoms. The van der Waals surface area contributed by atoms with Gasteiger partial charge in [0.2, 0.25) is 5.91 Å². The lowest BCUT2D eigenvalue weighted by atomic mass is 10.2. The molecule has 8 nitrogen and oxygen atoms in total. The molecule has 2 heterocycles. The number of benzene rings is 1. The summed E-state index contributed by atoms with van der Waals surface area (Å²) in [6, 6.07) is 8.09. The maximum Gasteiger partial charge on any atom is 0.306 e. The molecular weight excluding hydrogens is 329 g/mol. The average Bonchev–Trinajstić information content (AvgIpc) is 3.26. The lowest BCUT2D eigenvalue weighted by Gasteiger charge is -2.09. The number of hydrogen-bond acceptors (Lipinski definition) is 4. The predicted molar refractivity (Wildman–Crippen MR) is 87.9 cm³/mol. The van der Waals surface area contributed by atoms with Gasteiger partial charge in [0, 0.05) is 31.0 Å². The van der Waals surface area contributed by atoms with Crippen LogP contribution < -0.4 is 5.32 Å². The molecular formula is C16H14FN5O3. The molecule has 1 aromatic carbocycles. The summed E-state index contributed by atoms with van der Waals surface area (Å²) in [7, 11) is 0. The molecule has 0 saturated heterocycles. The van der Waals surface area contributed by atoms with Crippen molar-refractivity contribution in [1.29, 1.82) is 0 Å². The van der Waals surface area contributed by atoms with Crippen molar-refractivity contribution >= 4 is 17.3 Å². The third-order valence-corrected chi connectivity index (χ3v) is 3.53. The summed E-state index contributed by atoms with van der Waals surface area (Å²) in [5.41, 5.74) is 0.637. The Balaban J connectivity index is 1.64. The van der Waals surface area contributed by atoms with E-state index in [2.05, 4.69) is 10.4 Å². The molecule has 0 unspecified atom stereocenters. The van der Waals surface area contributed by atoms with Gasteiger partial charge in [0.05, 0.1) is 10.6 Å². The van der Waals surface area contributed by atoms with Crippen LogP contribution in [-0.2, 0) is 11.3 Å². The van der Waals surface area contributed by atoms with Gasteiger partial charge in [-0.15, -0.1) is 0 Å². The number of aromatic nitrogens is 3. The topological polar surface area (TPSA) is 95.0 Å². The number of anilines is 1. The fraction of sp³-hybridized carbons (Fsp3) is 0.125. The van der Waals surface area contributed by atoms with Crippen molar-refractivity contribution in [1.82, 2.24) is 14.3 Å². The lowest BCUT2D eigenvalue weighted by Crippen LogP contribution is -2.15. The molecule has 0 fully saturated rings. The molecule has 1 N–H and O–H groups in total. The Bertz CT molecular complexity index is 904. The van der Waals surface area contributed by atoms with Crippen LogP contribution in [0.4, 0.5) is 15.8 Å². The van der Waals surface area contributed by atoms with Gasteiger partial charge in [-0.05, 0) is 30.3 Å². The van der Waals surface area contributed by atoms with Gasteiger partial charge in [-0.3, -0.25) is 19.6 Å². The van der Waals surface area contributed by atoms with E-state index in [0.29, 0.717) is 5.69 Å². The summed E-state index contributed by atoms with van der Waals surface area (Å²) in [5, 5.41) is 16.9. The maximum absolute atomic E-state index is 13.9. The highest BCUT2D eigenvalue weighted by Crippen LogP contribution is 2.19. The normalized spacial score (nSPS) is 10.6. The van der Waals surface area contributed by atoms with E-state index in [1.807, 2.05) is 24.5 Å². The zero-order valence-electron chi connectivity index (χ0n) is 13.0. The molecule has 9 heteroatoms. The van der Waals surface area contributed by atoms with Crippen molar-refractivity contribution in [3.05, 3.63) is 71.1 Å². The summed E-state index contributed by atoms with van der Waals surface area (Å²) in [6.07, 6.45) is 5.97. The molecule has 0 radical (unpaired) electrons. The minimum absolute atomic E-state index is 0.00597. The molecule has 0 aliphatic rings. The van der Waals surface area contributed by atoms with E-state index in [1.54, 1.807) is 10.6 Å². The number of aryl methyl sites for hydroxylation is 1. The van der Waals surface area contributed by atoms with Crippen LogP contribution in [0.25, 0.3) is 5.69 Å². The van der Waals surface area contributed by atoms with Gasteiger partial charge in [0.15, 0.2) is 0 Å². The van der Waals surface area contributed by atoms with Gasteiger partial charge in [-0.2, -0.15) is 5.10 Å². The van der Waals surface area contributed by atoms with E-state index in [0.717, 1.165) is 6.20 Å². The summed E-state index contributed by atoms with van der Waals surface area (Å²) in [6.45, 7) is 0.151. The summed E-state index contributed by atoms with van der Waals surface area (Å²) < 4.78 is 17.0. The fourth-order valence-corrected chi connectivity index (χ4v) is 2.27. The second kappa shape index (κ2) is 6.95. The highest BCUT2D eigenvalue weighted by molar-refractivity contribution is 5.91. The van der Waals surface area contributed by atoms with Crippen molar-refractivity contribution in [2.24, 2.45) is 0 Å². The first-order valence-electron chi connectivity index (χ1n) is 7.42. The highest BCUT2D eigenvalue weighted by atomic mass is 19.1. The number of carbonyl (C=O) groups excluding carboxylic acids is 1. The fourth-order valence-electron chi connectivity index (χ4n) is 2.27. The third kappa shape index (κ3) is 3.89. The van der Waals surface area contributed by atoms with Crippen molar-refractivity contribution in [3.63, 3.8) is 0 Å². The van der Waals surface area contributed by atoms with Gasteiger partial charge < -0.3 is 9.88 Å². The number of hydrogen-bond donors (Lipinski definition) is 1. The number of rotatable bonds is 6. The molecule has 2 aromatic heterocycles. The first kappa shape index (κ1) is 16.4. The largest absolute Gasteiger partial charge is 0.324 e. The van der Waals surface area contributed by atoms with Gasteiger partial charge in [0.25, 0.3) is 0 Å². The van der Waals surface area contributed by atoms with Crippen LogP contribution in [-0.4, -0.2) is 25.2 Å². The number of halogens is 1. The van der Waals surface area contributed by atoms with Gasteiger partial charge in [0.1, 0.15) is 18.2 Å². The minimum atomic E-state index is -0.564. The zero-order chi connectivity index (χ0) is 17.8. The van der Waals surface area contributed by atoms with Gasteiger partial charge in [-0.1, -0.05) is 0 Å². The number of carbonyl (C=O) groups is 1. The van der Waals surface area contributed by atoms with Crippen molar-refractivity contribution in [3.8, 4) is 5.69 Å². The Morgan fingerprint density at radius 2 is 2.08 bits per heavy atom. The van der Waals surface area contributed by atoms with E-state index in [-0.39, 0.29) is 24.3 Å². The molecule has 3 rings (SSSR count). The molecule has 0 saturated carbocycles. The van der Waals surface area contributed by atoms with Crippen molar-refractivity contribution < 1.29 is 14.1 Å².